The van der Waals surface area contributed by atoms with Gasteiger partial charge in [0, 0.05) is 0 Å². The summed E-state index contributed by atoms with van der Waals surface area (Å²) in [5.74, 6) is -0.0582. The van der Waals surface area contributed by atoms with Crippen molar-refractivity contribution in [3.05, 3.63) is 11.6 Å². The molecule has 0 bridgehead atoms. The topological polar surface area (TPSA) is 34.1 Å². The first-order chi connectivity index (χ1) is 3.68. The minimum Gasteiger partial charge on any atom is -0.299 e. The predicted molar refractivity (Wildman–Crippen MR) is 30.5 cm³/mol. The van der Waals surface area contributed by atoms with Crippen molar-refractivity contribution < 1.29 is 9.59 Å². The molecule has 0 fully saturated rings. The fraction of sp³-hybridized carbons (Fsp3) is 0.333. The first-order valence-electron chi connectivity index (χ1n) is 2.31. The zero-order valence-electron chi connectivity index (χ0n) is 4.97. The van der Waals surface area contributed by atoms with Crippen molar-refractivity contribution in [1.29, 1.82) is 0 Å². The molecule has 0 aliphatic rings. The average Bonchev–Trinajstić information content (AvgIpc) is 1.67. The van der Waals surface area contributed by atoms with Crippen LogP contribution in [0, 0.1) is 0 Å². The summed E-state index contributed by atoms with van der Waals surface area (Å²) in [7, 11) is 0. The van der Waals surface area contributed by atoms with Gasteiger partial charge in [0.25, 0.3) is 0 Å². The van der Waals surface area contributed by atoms with E-state index in [4.69, 9.17) is 0 Å². The number of hydrogen-bond donors (Lipinski definition) is 0. The second-order valence-electron chi connectivity index (χ2n) is 1.54. The van der Waals surface area contributed by atoms with Crippen LogP contribution in [0.2, 0.25) is 0 Å². The molecule has 0 atom stereocenters. The summed E-state index contributed by atoms with van der Waals surface area (Å²) in [6.07, 6.45) is 1.86. The molecule has 44 valence electrons. The lowest BCUT2D eigenvalue weighted by atomic mass is 10.2. The quantitative estimate of drug-likeness (QED) is 0.389. The van der Waals surface area contributed by atoms with E-state index in [0.717, 1.165) is 0 Å². The Morgan fingerprint density at radius 2 is 1.88 bits per heavy atom. The second kappa shape index (κ2) is 3.13. The molecule has 0 radical (unpaired) electrons. The standard InChI is InChI=1S/C6H8O2/c1-5(3-4-7)6(2)8/h3-4H,1-2H3/b5-3+. The van der Waals surface area contributed by atoms with Crippen LogP contribution in [0.15, 0.2) is 11.6 Å². The summed E-state index contributed by atoms with van der Waals surface area (Å²) in [6, 6.07) is 0. The van der Waals surface area contributed by atoms with Crippen molar-refractivity contribution >= 4 is 12.1 Å². The molecule has 0 saturated carbocycles. The maximum Gasteiger partial charge on any atom is 0.155 e. The van der Waals surface area contributed by atoms with E-state index < -0.39 is 0 Å². The van der Waals surface area contributed by atoms with E-state index in [1.54, 1.807) is 6.92 Å². The van der Waals surface area contributed by atoms with Crippen LogP contribution in [-0.4, -0.2) is 12.1 Å². The normalized spacial score (nSPS) is 11.0. The molecule has 0 aromatic rings. The SMILES string of the molecule is CC(=O)/C(C)=C/C=O. The monoisotopic (exact) mass is 112 g/mol. The number of carbonyl (C=O) groups is 2. The van der Waals surface area contributed by atoms with Gasteiger partial charge < -0.3 is 0 Å². The van der Waals surface area contributed by atoms with Crippen molar-refractivity contribution in [3.8, 4) is 0 Å². The van der Waals surface area contributed by atoms with Gasteiger partial charge >= 0.3 is 0 Å². The summed E-state index contributed by atoms with van der Waals surface area (Å²) >= 11 is 0. The van der Waals surface area contributed by atoms with E-state index in [-0.39, 0.29) is 5.78 Å². The molecule has 0 aromatic heterocycles. The lowest BCUT2D eigenvalue weighted by Gasteiger charge is -1.84. The number of carbonyl (C=O) groups excluding carboxylic acids is 2. The summed E-state index contributed by atoms with van der Waals surface area (Å²) in [5.41, 5.74) is 0.500. The van der Waals surface area contributed by atoms with Crippen LogP contribution in [0.4, 0.5) is 0 Å². The van der Waals surface area contributed by atoms with E-state index in [1.807, 2.05) is 0 Å². The van der Waals surface area contributed by atoms with Crippen LogP contribution in [0.3, 0.4) is 0 Å². The summed E-state index contributed by atoms with van der Waals surface area (Å²) < 4.78 is 0. The molecule has 0 aliphatic heterocycles. The van der Waals surface area contributed by atoms with Gasteiger partial charge in [0.2, 0.25) is 0 Å². The van der Waals surface area contributed by atoms with E-state index in [9.17, 15) is 9.59 Å². The van der Waals surface area contributed by atoms with E-state index in [0.29, 0.717) is 11.9 Å². The van der Waals surface area contributed by atoms with Gasteiger partial charge in [-0.1, -0.05) is 0 Å². The molecule has 0 N–H and O–H groups in total. The first-order valence-corrected chi connectivity index (χ1v) is 2.31. The van der Waals surface area contributed by atoms with Crippen LogP contribution in [0.25, 0.3) is 0 Å². The minimum atomic E-state index is -0.0582. The minimum absolute atomic E-state index is 0.0582. The van der Waals surface area contributed by atoms with Gasteiger partial charge in [0.15, 0.2) is 5.78 Å². The Labute approximate surface area is 48.2 Å². The van der Waals surface area contributed by atoms with Crippen molar-refractivity contribution in [1.82, 2.24) is 0 Å². The maximum absolute atomic E-state index is 10.3. The Hall–Kier alpha value is -0.920. The molecular formula is C6H8O2. The van der Waals surface area contributed by atoms with Gasteiger partial charge in [-0.05, 0) is 25.5 Å². The third-order valence-electron chi connectivity index (χ3n) is 0.873. The Kier molecular flexibility index (Phi) is 2.77. The Bertz CT molecular complexity index is 133. The highest BCUT2D eigenvalue weighted by molar-refractivity contribution is 5.95. The molecule has 0 heterocycles. The number of ketones is 1. The lowest BCUT2D eigenvalue weighted by molar-refractivity contribution is -0.114. The van der Waals surface area contributed by atoms with Crippen LogP contribution in [0.1, 0.15) is 13.8 Å². The molecule has 0 saturated heterocycles. The number of Topliss-reactive ketones (excluding diaryl/α,β-unsaturated/α-hetero) is 1. The Morgan fingerprint density at radius 3 is 2.00 bits per heavy atom. The molecular weight excluding hydrogens is 104 g/mol. The fourth-order valence-corrected chi connectivity index (χ4v) is 0.219. The highest BCUT2D eigenvalue weighted by atomic mass is 16.1. The van der Waals surface area contributed by atoms with Crippen LogP contribution >= 0.6 is 0 Å². The smallest absolute Gasteiger partial charge is 0.155 e. The number of aldehydes is 1. The average molecular weight is 112 g/mol. The predicted octanol–water partition coefficient (Wildman–Crippen LogP) is 0.721. The molecule has 0 aromatic carbocycles. The third kappa shape index (κ3) is 2.29. The second-order valence-corrected chi connectivity index (χ2v) is 1.54. The zero-order valence-corrected chi connectivity index (χ0v) is 4.97. The van der Waals surface area contributed by atoms with Gasteiger partial charge in [0.1, 0.15) is 6.29 Å². The molecule has 8 heavy (non-hydrogen) atoms. The van der Waals surface area contributed by atoms with Crippen molar-refractivity contribution in [2.45, 2.75) is 13.8 Å². The van der Waals surface area contributed by atoms with E-state index >= 15 is 0 Å². The molecule has 0 spiro atoms. The van der Waals surface area contributed by atoms with Gasteiger partial charge in [0.05, 0.1) is 0 Å². The Morgan fingerprint density at radius 1 is 1.38 bits per heavy atom. The van der Waals surface area contributed by atoms with Gasteiger partial charge in [-0.2, -0.15) is 0 Å². The Balaban J connectivity index is 3.99. The van der Waals surface area contributed by atoms with E-state index in [1.165, 1.54) is 13.0 Å². The highest BCUT2D eigenvalue weighted by Crippen LogP contribution is 1.89. The molecule has 2 nitrogen and oxygen atoms in total. The molecule has 0 aliphatic carbocycles. The summed E-state index contributed by atoms with van der Waals surface area (Å²) in [5, 5.41) is 0. The lowest BCUT2D eigenvalue weighted by Crippen LogP contribution is -1.90. The first kappa shape index (κ1) is 7.08. The van der Waals surface area contributed by atoms with Crippen molar-refractivity contribution in [3.63, 3.8) is 0 Å². The number of allylic oxidation sites excluding steroid dienone is 2. The van der Waals surface area contributed by atoms with Gasteiger partial charge in [-0.15, -0.1) is 0 Å². The molecule has 0 unspecified atom stereocenters. The largest absolute Gasteiger partial charge is 0.299 e. The van der Waals surface area contributed by atoms with Crippen LogP contribution in [-0.2, 0) is 9.59 Å². The van der Waals surface area contributed by atoms with Crippen LogP contribution < -0.4 is 0 Å². The number of rotatable bonds is 2. The maximum atomic E-state index is 10.3. The molecule has 2 heteroatoms. The van der Waals surface area contributed by atoms with Crippen LogP contribution in [0.5, 0.6) is 0 Å². The number of hydrogen-bond acceptors (Lipinski definition) is 2. The van der Waals surface area contributed by atoms with E-state index in [2.05, 4.69) is 0 Å². The molecule has 0 amide bonds. The summed E-state index contributed by atoms with van der Waals surface area (Å²) in [6.45, 7) is 3.03. The van der Waals surface area contributed by atoms with Crippen molar-refractivity contribution in [2.24, 2.45) is 0 Å². The summed E-state index contributed by atoms with van der Waals surface area (Å²) in [4.78, 5) is 20.0. The van der Waals surface area contributed by atoms with Gasteiger partial charge in [-0.25, -0.2) is 0 Å². The van der Waals surface area contributed by atoms with Crippen molar-refractivity contribution in [2.75, 3.05) is 0 Å². The zero-order chi connectivity index (χ0) is 6.57. The van der Waals surface area contributed by atoms with Gasteiger partial charge in [-0.3, -0.25) is 9.59 Å². The molecule has 0 rings (SSSR count). The third-order valence-corrected chi connectivity index (χ3v) is 0.873. The highest BCUT2D eigenvalue weighted by Gasteiger charge is 1.91. The fourth-order valence-electron chi connectivity index (χ4n) is 0.219.